The second-order valence-electron chi connectivity index (χ2n) is 8.33. The Morgan fingerprint density at radius 1 is 1.13 bits per heavy atom. The molecule has 1 amide bonds. The molecular formula is C25H25N3O6S4. The summed E-state index contributed by atoms with van der Waals surface area (Å²) in [6.07, 6.45) is 1.90. The van der Waals surface area contributed by atoms with Gasteiger partial charge in [0.1, 0.15) is 9.57 Å². The number of aryl methyl sites for hydroxylation is 1. The summed E-state index contributed by atoms with van der Waals surface area (Å²) in [6, 6.07) is 6.22. The Morgan fingerprint density at radius 2 is 1.89 bits per heavy atom. The van der Waals surface area contributed by atoms with E-state index >= 15 is 0 Å². The van der Waals surface area contributed by atoms with Gasteiger partial charge < -0.3 is 14.7 Å². The number of amides is 1. The number of allylic oxidation sites excluding steroid dienone is 1. The number of aliphatic carboxylic acids is 1. The summed E-state index contributed by atoms with van der Waals surface area (Å²) in [6.45, 7) is 6.82. The molecular weight excluding hydrogens is 567 g/mol. The third-order valence-electron chi connectivity index (χ3n) is 5.91. The molecule has 0 bridgehead atoms. The van der Waals surface area contributed by atoms with Gasteiger partial charge in [-0.05, 0) is 56.5 Å². The number of carboxylic acid groups (broad SMARTS) is 1. The van der Waals surface area contributed by atoms with E-state index in [4.69, 9.17) is 17.0 Å². The molecule has 2 aliphatic heterocycles. The molecule has 0 atom stereocenters. The van der Waals surface area contributed by atoms with Crippen molar-refractivity contribution in [1.82, 2.24) is 9.47 Å². The van der Waals surface area contributed by atoms with Gasteiger partial charge in [0.25, 0.3) is 17.9 Å². The smallest absolute Gasteiger partial charge is 0.303 e. The molecule has 0 radical (unpaired) electrons. The first kappa shape index (κ1) is 28.1. The molecule has 0 saturated carbocycles. The fraction of sp³-hybridized carbons (Fsp3) is 0.320. The van der Waals surface area contributed by atoms with Crippen molar-refractivity contribution in [3.05, 3.63) is 54.4 Å². The maximum atomic E-state index is 13.6. The van der Waals surface area contributed by atoms with Gasteiger partial charge in [-0.1, -0.05) is 41.8 Å². The first-order valence-corrected chi connectivity index (χ1v) is 14.6. The topological polar surface area (TPSA) is 109 Å². The number of carboxylic acids is 1. The molecule has 2 aromatic rings. The molecule has 9 nitrogen and oxygen atoms in total. The third kappa shape index (κ3) is 5.46. The van der Waals surface area contributed by atoms with Crippen molar-refractivity contribution in [3.63, 3.8) is 0 Å². The molecule has 1 aromatic carbocycles. The average molecular weight is 592 g/mol. The standard InChI is InChI=1S/C25H25N3O6S4/c1-4-26-16-10-14(3)6-8-17(16)36-18(26)11-15(7-9-19(30)31)20-22(32)27(5-2)24(37-20)21-23(33)28(12-34-13-29)25(35)38-21/h6,8,10-11,13H,4-5,7,9,12H2,1-3H3,(H,30,31)/b18-11-,20-15+,24-21-. The number of ether oxygens (including phenoxy) is 1. The van der Waals surface area contributed by atoms with Gasteiger partial charge in [-0.15, -0.1) is 11.3 Å². The van der Waals surface area contributed by atoms with Gasteiger partial charge in [0.05, 0.1) is 15.2 Å². The number of hydrogen-bond acceptors (Lipinski definition) is 10. The van der Waals surface area contributed by atoms with Gasteiger partial charge in [-0.2, -0.15) is 0 Å². The lowest BCUT2D eigenvalue weighted by atomic mass is 10.1. The summed E-state index contributed by atoms with van der Waals surface area (Å²) >= 11 is 9.07. The van der Waals surface area contributed by atoms with E-state index in [9.17, 15) is 24.3 Å². The fourth-order valence-electron chi connectivity index (χ4n) is 4.10. The van der Waals surface area contributed by atoms with Crippen LogP contribution in [-0.4, -0.2) is 50.5 Å². The highest BCUT2D eigenvalue weighted by atomic mass is 32.2. The number of thiocarbonyl (C=S) groups is 1. The minimum atomic E-state index is -0.967. The molecule has 13 heteroatoms. The first-order chi connectivity index (χ1) is 18.2. The van der Waals surface area contributed by atoms with Gasteiger partial charge in [-0.3, -0.25) is 28.6 Å². The number of carbonyl (C=O) groups excluding carboxylic acids is 2. The Hall–Kier alpha value is -2.87. The van der Waals surface area contributed by atoms with Gasteiger partial charge >= 0.3 is 5.97 Å². The molecule has 3 heterocycles. The average Bonchev–Trinajstić information content (AvgIpc) is 3.49. The number of nitrogens with zero attached hydrogens (tertiary/aromatic N) is 3. The molecule has 2 aliphatic rings. The van der Waals surface area contributed by atoms with E-state index in [1.807, 2.05) is 26.0 Å². The zero-order valence-corrected chi connectivity index (χ0v) is 24.2. The number of anilines is 1. The number of thiazole rings is 1. The van der Waals surface area contributed by atoms with Crippen LogP contribution >= 0.6 is 47.1 Å². The Bertz CT molecular complexity index is 1540. The number of carbonyl (C=O) groups is 3. The molecule has 4 rings (SSSR count). The molecule has 1 saturated heterocycles. The van der Waals surface area contributed by atoms with Crippen LogP contribution in [0.2, 0.25) is 0 Å². The summed E-state index contributed by atoms with van der Waals surface area (Å²) in [5.41, 5.74) is 2.52. The van der Waals surface area contributed by atoms with Gasteiger partial charge in [0.15, 0.2) is 11.1 Å². The minimum absolute atomic E-state index is 0.147. The van der Waals surface area contributed by atoms with Crippen LogP contribution in [0.1, 0.15) is 32.3 Å². The van der Waals surface area contributed by atoms with Crippen molar-refractivity contribution >= 4 is 85.9 Å². The molecule has 1 fully saturated rings. The SMILES string of the molecule is CCN1/C(=C/C(CCC(=O)O)=c2/s/c(=C3\SC(=S)N(COC=O)C3=O)n(CC)c2=O)Sc2ccc(C)cc21. The lowest BCUT2D eigenvalue weighted by molar-refractivity contribution is -0.137. The minimum Gasteiger partial charge on any atom is -0.481 e. The van der Waals surface area contributed by atoms with Crippen LogP contribution in [0.25, 0.3) is 10.5 Å². The fourth-order valence-corrected chi connectivity index (χ4v) is 7.91. The largest absolute Gasteiger partial charge is 0.481 e. The van der Waals surface area contributed by atoms with Crippen molar-refractivity contribution in [1.29, 1.82) is 0 Å². The van der Waals surface area contributed by atoms with E-state index < -0.39 is 11.9 Å². The number of rotatable bonds is 9. The summed E-state index contributed by atoms with van der Waals surface area (Å²) in [7, 11) is 0. The Balaban J connectivity index is 1.91. The lowest BCUT2D eigenvalue weighted by Gasteiger charge is -2.18. The van der Waals surface area contributed by atoms with Gasteiger partial charge in [0.2, 0.25) is 0 Å². The summed E-state index contributed by atoms with van der Waals surface area (Å²) in [5, 5.41) is 10.3. The number of aromatic nitrogens is 1. The lowest BCUT2D eigenvalue weighted by Crippen LogP contribution is -2.34. The monoisotopic (exact) mass is 591 g/mol. The predicted octanol–water partition coefficient (Wildman–Crippen LogP) is 2.83. The summed E-state index contributed by atoms with van der Waals surface area (Å²) < 4.78 is 7.27. The van der Waals surface area contributed by atoms with Crippen LogP contribution in [0.4, 0.5) is 5.69 Å². The third-order valence-corrected chi connectivity index (χ3v) is 9.85. The van der Waals surface area contributed by atoms with Crippen molar-refractivity contribution in [2.24, 2.45) is 0 Å². The number of thioether (sulfide) groups is 2. The number of hydrogen-bond donors (Lipinski definition) is 1. The van der Waals surface area contributed by atoms with E-state index in [0.717, 1.165) is 49.2 Å². The molecule has 200 valence electrons. The van der Waals surface area contributed by atoms with Crippen LogP contribution in [0.5, 0.6) is 0 Å². The van der Waals surface area contributed by atoms with Gasteiger partial charge in [0, 0.05) is 24.4 Å². The first-order valence-electron chi connectivity index (χ1n) is 11.8. The zero-order valence-electron chi connectivity index (χ0n) is 20.9. The maximum Gasteiger partial charge on any atom is 0.303 e. The predicted molar refractivity (Wildman–Crippen MR) is 154 cm³/mol. The molecule has 0 aliphatic carbocycles. The van der Waals surface area contributed by atoms with Crippen LogP contribution in [0.3, 0.4) is 0 Å². The maximum absolute atomic E-state index is 13.6. The molecule has 1 aromatic heterocycles. The quantitative estimate of drug-likeness (QED) is 0.345. The van der Waals surface area contributed by atoms with E-state index in [1.165, 1.54) is 4.57 Å². The highest BCUT2D eigenvalue weighted by Crippen LogP contribution is 2.46. The van der Waals surface area contributed by atoms with Crippen molar-refractivity contribution < 1.29 is 24.2 Å². The number of benzene rings is 1. The highest BCUT2D eigenvalue weighted by molar-refractivity contribution is 8.30. The summed E-state index contributed by atoms with van der Waals surface area (Å²) in [4.78, 5) is 53.5. The van der Waals surface area contributed by atoms with E-state index in [0.29, 0.717) is 27.9 Å². The Morgan fingerprint density at radius 3 is 2.55 bits per heavy atom. The normalized spacial score (nSPS) is 18.3. The van der Waals surface area contributed by atoms with E-state index in [-0.39, 0.29) is 40.8 Å². The zero-order chi connectivity index (χ0) is 27.6. The number of fused-ring (bicyclic) bond motifs is 1. The molecule has 1 N–H and O–H groups in total. The van der Waals surface area contributed by atoms with Crippen molar-refractivity contribution in [2.75, 3.05) is 18.2 Å². The van der Waals surface area contributed by atoms with Gasteiger partial charge in [-0.25, -0.2) is 0 Å². The van der Waals surface area contributed by atoms with E-state index in [1.54, 1.807) is 18.7 Å². The van der Waals surface area contributed by atoms with Crippen LogP contribution in [-0.2, 0) is 25.7 Å². The van der Waals surface area contributed by atoms with Crippen molar-refractivity contribution in [3.8, 4) is 0 Å². The Labute approximate surface area is 236 Å². The summed E-state index contributed by atoms with van der Waals surface area (Å²) in [5.74, 6) is -1.41. The molecule has 0 unspecified atom stereocenters. The van der Waals surface area contributed by atoms with E-state index in [2.05, 4.69) is 17.0 Å². The molecule has 38 heavy (non-hydrogen) atoms. The van der Waals surface area contributed by atoms with Crippen molar-refractivity contribution in [2.45, 2.75) is 45.1 Å². The Kier molecular flexibility index (Phi) is 8.81. The second kappa shape index (κ2) is 11.9. The van der Waals surface area contributed by atoms with Crippen LogP contribution < -0.4 is 19.7 Å². The molecule has 0 spiro atoms. The van der Waals surface area contributed by atoms with Crippen LogP contribution in [0.15, 0.2) is 39.0 Å². The highest BCUT2D eigenvalue weighted by Gasteiger charge is 2.34. The second-order valence-corrected chi connectivity index (χ2v) is 12.0. The van der Waals surface area contributed by atoms with Crippen LogP contribution in [0, 0.1) is 6.92 Å².